The predicted octanol–water partition coefficient (Wildman–Crippen LogP) is 3.04. The molecule has 0 fully saturated rings. The summed E-state index contributed by atoms with van der Waals surface area (Å²) in [4.78, 5) is 0. The molecular weight excluding hydrogens is 237 g/mol. The lowest BCUT2D eigenvalue weighted by atomic mass is 10.1. The minimum atomic E-state index is -0.363. The molecule has 1 aromatic carbocycles. The molecule has 0 unspecified atom stereocenters. The van der Waals surface area contributed by atoms with Crippen LogP contribution in [0, 0.1) is 5.82 Å². The molecule has 1 N–H and O–H groups in total. The molecule has 0 saturated carbocycles. The number of hydrogen-bond acceptors (Lipinski definition) is 4. The van der Waals surface area contributed by atoms with E-state index in [9.17, 15) is 4.39 Å². The van der Waals surface area contributed by atoms with Crippen molar-refractivity contribution in [2.24, 2.45) is 0 Å². The van der Waals surface area contributed by atoms with E-state index in [1.165, 1.54) is 12.1 Å². The van der Waals surface area contributed by atoms with Crippen LogP contribution in [0.5, 0.6) is 0 Å². The fraction of sp³-hybridized carbons (Fsp3) is 0.111. The molecule has 2 rings (SSSR count). The Hall–Kier alpha value is -1.20. The zero-order valence-corrected chi connectivity index (χ0v) is 9.36. The van der Waals surface area contributed by atoms with E-state index in [-0.39, 0.29) is 5.82 Å². The van der Waals surface area contributed by atoms with E-state index in [2.05, 4.69) is 14.1 Å². The zero-order chi connectivity index (χ0) is 10.8. The monoisotopic (exact) mass is 243 g/mol. The molecule has 0 spiro atoms. The van der Waals surface area contributed by atoms with Crippen LogP contribution in [0.15, 0.2) is 18.2 Å². The number of aromatic nitrogens is 2. The van der Waals surface area contributed by atoms with Gasteiger partial charge in [0, 0.05) is 12.6 Å². The Kier molecular flexibility index (Phi) is 2.83. The number of hydrogen-bond donors (Lipinski definition) is 1. The standard InChI is InChI=1S/C9H7ClFN3S/c1-12-9-8(13-15-14-9)6-3-2-5(11)4-7(6)10/h2-4H,1H3,(H,12,14). The second kappa shape index (κ2) is 4.12. The van der Waals surface area contributed by atoms with Crippen molar-refractivity contribution in [3.05, 3.63) is 29.0 Å². The molecule has 78 valence electrons. The normalized spacial score (nSPS) is 10.3. The molecule has 3 nitrogen and oxygen atoms in total. The van der Waals surface area contributed by atoms with Crippen molar-refractivity contribution in [1.82, 2.24) is 8.75 Å². The van der Waals surface area contributed by atoms with Gasteiger partial charge in [-0.25, -0.2) is 4.39 Å². The SMILES string of the molecule is CNc1nsnc1-c1ccc(F)cc1Cl. The third kappa shape index (κ3) is 1.93. The third-order valence-corrected chi connectivity index (χ3v) is 2.75. The summed E-state index contributed by atoms with van der Waals surface area (Å²) in [5.41, 5.74) is 1.32. The van der Waals surface area contributed by atoms with Gasteiger partial charge in [0.1, 0.15) is 11.5 Å². The minimum Gasteiger partial charge on any atom is -0.370 e. The lowest BCUT2D eigenvalue weighted by molar-refractivity contribution is 0.628. The molecule has 0 amide bonds. The maximum atomic E-state index is 12.8. The van der Waals surface area contributed by atoms with Crippen molar-refractivity contribution in [1.29, 1.82) is 0 Å². The van der Waals surface area contributed by atoms with Crippen LogP contribution in [0.25, 0.3) is 11.3 Å². The molecule has 0 radical (unpaired) electrons. The van der Waals surface area contributed by atoms with Gasteiger partial charge in [0.15, 0.2) is 5.82 Å². The topological polar surface area (TPSA) is 37.8 Å². The molecule has 0 aliphatic rings. The first-order valence-corrected chi connectivity index (χ1v) is 5.29. The third-order valence-electron chi connectivity index (χ3n) is 1.91. The van der Waals surface area contributed by atoms with Crippen molar-refractivity contribution in [3.8, 4) is 11.3 Å². The van der Waals surface area contributed by atoms with E-state index in [4.69, 9.17) is 11.6 Å². The molecule has 0 bridgehead atoms. The van der Waals surface area contributed by atoms with Crippen LogP contribution in [-0.4, -0.2) is 15.8 Å². The zero-order valence-electron chi connectivity index (χ0n) is 7.79. The molecule has 1 heterocycles. The Labute approximate surface area is 95.2 Å². The maximum Gasteiger partial charge on any atom is 0.167 e. The lowest BCUT2D eigenvalue weighted by Gasteiger charge is -2.02. The molecule has 0 aliphatic carbocycles. The second-order valence-corrected chi connectivity index (χ2v) is 3.77. The summed E-state index contributed by atoms with van der Waals surface area (Å²) in [6.45, 7) is 0. The fourth-order valence-corrected chi connectivity index (χ4v) is 2.03. The molecule has 6 heteroatoms. The highest BCUT2D eigenvalue weighted by Gasteiger charge is 2.12. The van der Waals surface area contributed by atoms with E-state index in [0.717, 1.165) is 11.7 Å². The summed E-state index contributed by atoms with van der Waals surface area (Å²) in [6, 6.07) is 4.20. The first-order valence-electron chi connectivity index (χ1n) is 4.18. The summed E-state index contributed by atoms with van der Waals surface area (Å²) in [5, 5.41) is 3.23. The molecule has 2 aromatic rings. The van der Waals surface area contributed by atoms with Crippen molar-refractivity contribution in [2.75, 3.05) is 12.4 Å². The predicted molar refractivity (Wildman–Crippen MR) is 59.9 cm³/mol. The van der Waals surface area contributed by atoms with Crippen LogP contribution >= 0.6 is 23.3 Å². The number of rotatable bonds is 2. The van der Waals surface area contributed by atoms with E-state index in [1.54, 1.807) is 13.1 Å². The van der Waals surface area contributed by atoms with Crippen molar-refractivity contribution in [2.45, 2.75) is 0 Å². The van der Waals surface area contributed by atoms with Crippen LogP contribution in [0.2, 0.25) is 5.02 Å². The van der Waals surface area contributed by atoms with E-state index >= 15 is 0 Å². The molecule has 0 aliphatic heterocycles. The highest BCUT2D eigenvalue weighted by atomic mass is 35.5. The van der Waals surface area contributed by atoms with Crippen LogP contribution in [0.3, 0.4) is 0 Å². The van der Waals surface area contributed by atoms with Gasteiger partial charge in [-0.15, -0.1) is 0 Å². The quantitative estimate of drug-likeness (QED) is 0.881. The van der Waals surface area contributed by atoms with Gasteiger partial charge < -0.3 is 5.32 Å². The number of benzene rings is 1. The van der Waals surface area contributed by atoms with Crippen LogP contribution in [-0.2, 0) is 0 Å². The first-order chi connectivity index (χ1) is 7.22. The summed E-state index contributed by atoms with van der Waals surface area (Å²) < 4.78 is 21.0. The van der Waals surface area contributed by atoms with Crippen LogP contribution in [0.1, 0.15) is 0 Å². The van der Waals surface area contributed by atoms with Crippen molar-refractivity contribution in [3.63, 3.8) is 0 Å². The number of nitrogens with zero attached hydrogens (tertiary/aromatic N) is 2. The average Bonchev–Trinajstić information content (AvgIpc) is 2.65. The van der Waals surface area contributed by atoms with Gasteiger partial charge in [-0.3, -0.25) is 0 Å². The Bertz CT molecular complexity index is 486. The van der Waals surface area contributed by atoms with Gasteiger partial charge in [0.2, 0.25) is 0 Å². The van der Waals surface area contributed by atoms with E-state index in [1.807, 2.05) is 0 Å². The van der Waals surface area contributed by atoms with Gasteiger partial charge in [0.05, 0.1) is 16.8 Å². The summed E-state index contributed by atoms with van der Waals surface area (Å²) in [7, 11) is 1.75. The number of anilines is 1. The van der Waals surface area contributed by atoms with Crippen molar-refractivity contribution >= 4 is 29.1 Å². The summed E-state index contributed by atoms with van der Waals surface area (Å²) in [5.74, 6) is 0.284. The Morgan fingerprint density at radius 3 is 2.87 bits per heavy atom. The number of nitrogens with one attached hydrogen (secondary N) is 1. The molecular formula is C9H7ClFN3S. The second-order valence-electron chi connectivity index (χ2n) is 2.84. The summed E-state index contributed by atoms with van der Waals surface area (Å²) >= 11 is 7.00. The van der Waals surface area contributed by atoms with Crippen LogP contribution < -0.4 is 5.32 Å². The lowest BCUT2D eigenvalue weighted by Crippen LogP contribution is -1.91. The minimum absolute atomic E-state index is 0.333. The summed E-state index contributed by atoms with van der Waals surface area (Å²) in [6.07, 6.45) is 0. The van der Waals surface area contributed by atoms with E-state index < -0.39 is 0 Å². The Morgan fingerprint density at radius 1 is 1.40 bits per heavy atom. The Morgan fingerprint density at radius 2 is 2.20 bits per heavy atom. The maximum absolute atomic E-state index is 12.8. The van der Waals surface area contributed by atoms with E-state index in [0.29, 0.717) is 22.1 Å². The van der Waals surface area contributed by atoms with Gasteiger partial charge in [-0.1, -0.05) is 11.6 Å². The van der Waals surface area contributed by atoms with Gasteiger partial charge >= 0.3 is 0 Å². The molecule has 15 heavy (non-hydrogen) atoms. The fourth-order valence-electron chi connectivity index (χ4n) is 1.21. The smallest absolute Gasteiger partial charge is 0.167 e. The largest absolute Gasteiger partial charge is 0.370 e. The number of halogens is 2. The highest BCUT2D eigenvalue weighted by Crippen LogP contribution is 2.31. The van der Waals surface area contributed by atoms with Crippen molar-refractivity contribution < 1.29 is 4.39 Å². The molecule has 0 atom stereocenters. The van der Waals surface area contributed by atoms with Gasteiger partial charge in [0.25, 0.3) is 0 Å². The molecule has 0 saturated heterocycles. The molecule has 1 aromatic heterocycles. The van der Waals surface area contributed by atoms with Gasteiger partial charge in [-0.2, -0.15) is 8.75 Å². The highest BCUT2D eigenvalue weighted by molar-refractivity contribution is 6.99. The van der Waals surface area contributed by atoms with Gasteiger partial charge in [-0.05, 0) is 18.2 Å². The first kappa shape index (κ1) is 10.3. The average molecular weight is 244 g/mol. The Balaban J connectivity index is 2.54. The van der Waals surface area contributed by atoms with Crippen LogP contribution in [0.4, 0.5) is 10.2 Å².